The van der Waals surface area contributed by atoms with Gasteiger partial charge in [0.05, 0.1) is 10.6 Å². The second-order valence-electron chi connectivity index (χ2n) is 6.05. The van der Waals surface area contributed by atoms with E-state index in [0.717, 1.165) is 11.1 Å². The van der Waals surface area contributed by atoms with Gasteiger partial charge in [-0.25, -0.2) is 8.42 Å². The minimum Gasteiger partial charge on any atom is -0.263 e. The van der Waals surface area contributed by atoms with E-state index in [4.69, 9.17) is 0 Å². The predicted molar refractivity (Wildman–Crippen MR) is 102 cm³/mol. The Morgan fingerprint density at radius 2 is 1.76 bits per heavy atom. The van der Waals surface area contributed by atoms with E-state index >= 15 is 0 Å². The lowest BCUT2D eigenvalue weighted by atomic mass is 10.1. The number of benzene rings is 2. The minimum atomic E-state index is -4.11. The summed E-state index contributed by atoms with van der Waals surface area (Å²) in [5.41, 5.74) is 1.76. The van der Waals surface area contributed by atoms with Gasteiger partial charge >= 0.3 is 0 Å². The highest BCUT2D eigenvalue weighted by molar-refractivity contribution is 9.10. The second kappa shape index (κ2) is 7.13. The number of aryl methyl sites for hydroxylation is 2. The van der Waals surface area contributed by atoms with Gasteiger partial charge < -0.3 is 0 Å². The van der Waals surface area contributed by atoms with Gasteiger partial charge in [0.25, 0.3) is 15.7 Å². The van der Waals surface area contributed by atoms with Crippen molar-refractivity contribution in [2.45, 2.75) is 38.6 Å². The third kappa shape index (κ3) is 3.85. The molecule has 0 aliphatic carbocycles. The second-order valence-corrected chi connectivity index (χ2v) is 8.75. The van der Waals surface area contributed by atoms with E-state index in [-0.39, 0.29) is 4.90 Å². The van der Waals surface area contributed by atoms with Crippen LogP contribution in [0.2, 0.25) is 0 Å². The molecule has 0 aliphatic heterocycles. The molecule has 0 saturated heterocycles. The molecule has 0 unspecified atom stereocenters. The molecule has 0 N–H and O–H groups in total. The first-order valence-electron chi connectivity index (χ1n) is 7.61. The van der Waals surface area contributed by atoms with Gasteiger partial charge in [0.2, 0.25) is 0 Å². The van der Waals surface area contributed by atoms with Crippen molar-refractivity contribution in [2.75, 3.05) is 4.31 Å². The third-order valence-corrected chi connectivity index (χ3v) is 6.26. The third-order valence-electron chi connectivity index (χ3n) is 3.73. The molecule has 0 aliphatic rings. The van der Waals surface area contributed by atoms with Crippen molar-refractivity contribution in [3.8, 4) is 0 Å². The van der Waals surface area contributed by atoms with Gasteiger partial charge in [0, 0.05) is 16.6 Å². The SMILES string of the molecule is Cc1ccc(C)c(N(C(C)C)S(=O)(=O)c2ccc(Br)cc2[N+](=O)[O-])c1. The first kappa shape index (κ1) is 19.4. The minimum absolute atomic E-state index is 0.324. The molecule has 0 heterocycles. The fourth-order valence-corrected chi connectivity index (χ4v) is 4.81. The van der Waals surface area contributed by atoms with E-state index in [1.54, 1.807) is 19.9 Å². The van der Waals surface area contributed by atoms with E-state index in [2.05, 4.69) is 15.9 Å². The highest BCUT2D eigenvalue weighted by Gasteiger charge is 2.34. The molecular formula is C17H19BrN2O4S. The Bertz CT molecular complexity index is 926. The van der Waals surface area contributed by atoms with E-state index in [9.17, 15) is 18.5 Å². The van der Waals surface area contributed by atoms with Gasteiger partial charge in [0.15, 0.2) is 4.90 Å². The van der Waals surface area contributed by atoms with Crippen molar-refractivity contribution < 1.29 is 13.3 Å². The van der Waals surface area contributed by atoms with Gasteiger partial charge in [-0.1, -0.05) is 28.1 Å². The summed E-state index contributed by atoms with van der Waals surface area (Å²) in [6.07, 6.45) is 0. The molecule has 134 valence electrons. The fourth-order valence-electron chi connectivity index (χ4n) is 2.60. The molecule has 2 aromatic rings. The van der Waals surface area contributed by atoms with Crippen LogP contribution in [0.5, 0.6) is 0 Å². The Labute approximate surface area is 155 Å². The number of nitrogens with zero attached hydrogens (tertiary/aromatic N) is 2. The molecule has 0 fully saturated rings. The average Bonchev–Trinajstić information content (AvgIpc) is 2.50. The van der Waals surface area contributed by atoms with Crippen molar-refractivity contribution in [1.29, 1.82) is 0 Å². The maximum absolute atomic E-state index is 13.3. The summed E-state index contributed by atoms with van der Waals surface area (Å²) in [7, 11) is -4.11. The summed E-state index contributed by atoms with van der Waals surface area (Å²) in [4.78, 5) is 10.4. The lowest BCUT2D eigenvalue weighted by molar-refractivity contribution is -0.387. The van der Waals surface area contributed by atoms with Crippen molar-refractivity contribution in [3.05, 3.63) is 62.1 Å². The van der Waals surface area contributed by atoms with Crippen LogP contribution in [-0.2, 0) is 10.0 Å². The normalized spacial score (nSPS) is 11.6. The zero-order valence-electron chi connectivity index (χ0n) is 14.4. The van der Waals surface area contributed by atoms with Crippen molar-refractivity contribution in [3.63, 3.8) is 0 Å². The van der Waals surface area contributed by atoms with Crippen molar-refractivity contribution in [1.82, 2.24) is 0 Å². The number of nitro groups is 1. The first-order valence-corrected chi connectivity index (χ1v) is 9.84. The monoisotopic (exact) mass is 426 g/mol. The largest absolute Gasteiger partial charge is 0.291 e. The van der Waals surface area contributed by atoms with Gasteiger partial charge in [-0.15, -0.1) is 0 Å². The van der Waals surface area contributed by atoms with Crippen LogP contribution in [-0.4, -0.2) is 19.4 Å². The zero-order valence-corrected chi connectivity index (χ0v) is 16.8. The molecule has 25 heavy (non-hydrogen) atoms. The molecule has 2 aromatic carbocycles. The van der Waals surface area contributed by atoms with E-state index in [1.807, 2.05) is 26.0 Å². The van der Waals surface area contributed by atoms with Crippen LogP contribution >= 0.6 is 15.9 Å². The predicted octanol–water partition coefficient (Wildman–Crippen LogP) is 4.58. The van der Waals surface area contributed by atoms with Crippen molar-refractivity contribution in [2.24, 2.45) is 0 Å². The molecule has 0 radical (unpaired) electrons. The van der Waals surface area contributed by atoms with Crippen LogP contribution in [0, 0.1) is 24.0 Å². The van der Waals surface area contributed by atoms with Crippen LogP contribution < -0.4 is 4.31 Å². The maximum atomic E-state index is 13.3. The highest BCUT2D eigenvalue weighted by Crippen LogP contribution is 2.34. The number of nitro benzene ring substituents is 1. The maximum Gasteiger partial charge on any atom is 0.291 e. The summed E-state index contributed by atoms with van der Waals surface area (Å²) in [5, 5.41) is 11.4. The molecule has 8 heteroatoms. The number of anilines is 1. The van der Waals surface area contributed by atoms with Crippen molar-refractivity contribution >= 4 is 37.3 Å². The number of sulfonamides is 1. The van der Waals surface area contributed by atoms with Gasteiger partial charge in [0.1, 0.15) is 0 Å². The average molecular weight is 427 g/mol. The Morgan fingerprint density at radius 3 is 2.32 bits per heavy atom. The van der Waals surface area contributed by atoms with E-state index in [1.165, 1.54) is 22.5 Å². The number of hydrogen-bond acceptors (Lipinski definition) is 4. The number of hydrogen-bond donors (Lipinski definition) is 0. The zero-order chi connectivity index (χ0) is 18.9. The lowest BCUT2D eigenvalue weighted by Gasteiger charge is -2.29. The number of rotatable bonds is 5. The summed E-state index contributed by atoms with van der Waals surface area (Å²) in [6.45, 7) is 7.17. The molecule has 0 spiro atoms. The smallest absolute Gasteiger partial charge is 0.263 e. The Hall–Kier alpha value is -1.93. The summed E-state index contributed by atoms with van der Waals surface area (Å²) < 4.78 is 28.2. The molecule has 6 nitrogen and oxygen atoms in total. The van der Waals surface area contributed by atoms with Crippen LogP contribution in [0.3, 0.4) is 0 Å². The first-order chi connectivity index (χ1) is 11.6. The van der Waals surface area contributed by atoms with E-state index < -0.39 is 26.7 Å². The van der Waals surface area contributed by atoms with Crippen LogP contribution in [0.25, 0.3) is 0 Å². The van der Waals surface area contributed by atoms with Crippen LogP contribution in [0.1, 0.15) is 25.0 Å². The van der Waals surface area contributed by atoms with Gasteiger partial charge in [-0.05, 0) is 57.0 Å². The quantitative estimate of drug-likeness (QED) is 0.517. The topological polar surface area (TPSA) is 80.5 Å². The van der Waals surface area contributed by atoms with E-state index in [0.29, 0.717) is 10.2 Å². The molecule has 0 amide bonds. The molecular weight excluding hydrogens is 408 g/mol. The Kier molecular flexibility index (Phi) is 5.53. The molecule has 0 aromatic heterocycles. The summed E-state index contributed by atoms with van der Waals surface area (Å²) in [5.74, 6) is 0. The van der Waals surface area contributed by atoms with Gasteiger partial charge in [-0.3, -0.25) is 14.4 Å². The Morgan fingerprint density at radius 1 is 1.12 bits per heavy atom. The van der Waals surface area contributed by atoms with Crippen LogP contribution in [0.4, 0.5) is 11.4 Å². The van der Waals surface area contributed by atoms with Crippen LogP contribution in [0.15, 0.2) is 45.8 Å². The standard InChI is InChI=1S/C17H19BrN2O4S/c1-11(2)19(15-9-12(3)5-6-13(15)4)25(23,24)17-8-7-14(18)10-16(17)20(21)22/h5-11H,1-4H3. The lowest BCUT2D eigenvalue weighted by Crippen LogP contribution is -2.37. The molecule has 0 bridgehead atoms. The number of halogens is 1. The summed E-state index contributed by atoms with van der Waals surface area (Å²) >= 11 is 3.15. The molecule has 0 saturated carbocycles. The Balaban J connectivity index is 2.75. The highest BCUT2D eigenvalue weighted by atomic mass is 79.9. The fraction of sp³-hybridized carbons (Fsp3) is 0.294. The molecule has 2 rings (SSSR count). The summed E-state index contributed by atoms with van der Waals surface area (Å²) in [6, 6.07) is 9.05. The van der Waals surface area contributed by atoms with Gasteiger partial charge in [-0.2, -0.15) is 0 Å². The molecule has 0 atom stereocenters.